The first-order valence-corrected chi connectivity index (χ1v) is 11.9. The Labute approximate surface area is 172 Å². The Morgan fingerprint density at radius 1 is 0.893 bits per heavy atom. The van der Waals surface area contributed by atoms with Gasteiger partial charge in [0.1, 0.15) is 0 Å². The first-order valence-electron chi connectivity index (χ1n) is 11.9. The van der Waals surface area contributed by atoms with Crippen LogP contribution in [0.5, 0.6) is 0 Å². The van der Waals surface area contributed by atoms with E-state index >= 15 is 0 Å². The Balaban J connectivity index is 1.57. The number of para-hydroxylation sites is 1. The molecule has 1 aromatic carbocycles. The van der Waals surface area contributed by atoms with Gasteiger partial charge in [0.15, 0.2) is 0 Å². The molecule has 0 radical (unpaired) electrons. The highest BCUT2D eigenvalue weighted by Crippen LogP contribution is 2.31. The molecular formula is C25H41N3. The van der Waals surface area contributed by atoms with Crippen LogP contribution in [0.1, 0.15) is 88.9 Å². The predicted molar refractivity (Wildman–Crippen MR) is 122 cm³/mol. The maximum atomic E-state index is 3.79. The second kappa shape index (κ2) is 11.6. The van der Waals surface area contributed by atoms with E-state index in [4.69, 9.17) is 0 Å². The summed E-state index contributed by atoms with van der Waals surface area (Å²) >= 11 is 0. The molecule has 1 aliphatic heterocycles. The summed E-state index contributed by atoms with van der Waals surface area (Å²) in [6.45, 7) is 9.47. The number of aromatic amines is 1. The molecule has 2 N–H and O–H groups in total. The van der Waals surface area contributed by atoms with E-state index in [1.165, 1.54) is 94.0 Å². The third-order valence-electron chi connectivity index (χ3n) is 6.35. The third kappa shape index (κ3) is 5.84. The standard InChI is InChI=1S/C25H41N3/c1-3-5-7-11-18-28(19-12-8-6-4-2)20-16-24-25-22(15-17-26-24)21-13-9-10-14-23(21)27-25/h9-10,13-14,24,26-27H,3-8,11-12,15-20H2,1-2H3. The van der Waals surface area contributed by atoms with Gasteiger partial charge in [-0.05, 0) is 63.5 Å². The quantitative estimate of drug-likeness (QED) is 0.403. The number of unbranched alkanes of at least 4 members (excludes halogenated alkanes) is 6. The summed E-state index contributed by atoms with van der Waals surface area (Å²) in [5.74, 6) is 0. The van der Waals surface area contributed by atoms with Crippen molar-refractivity contribution in [2.45, 2.75) is 84.1 Å². The van der Waals surface area contributed by atoms with Crippen LogP contribution in [-0.2, 0) is 6.42 Å². The lowest BCUT2D eigenvalue weighted by Gasteiger charge is -2.28. The molecule has 2 aromatic rings. The van der Waals surface area contributed by atoms with Crippen molar-refractivity contribution in [1.29, 1.82) is 0 Å². The lowest BCUT2D eigenvalue weighted by Crippen LogP contribution is -2.34. The average Bonchev–Trinajstić information content (AvgIpc) is 3.11. The minimum atomic E-state index is 0.477. The molecule has 1 atom stereocenters. The summed E-state index contributed by atoms with van der Waals surface area (Å²) in [7, 11) is 0. The summed E-state index contributed by atoms with van der Waals surface area (Å²) in [4.78, 5) is 6.47. The van der Waals surface area contributed by atoms with Crippen LogP contribution in [-0.4, -0.2) is 36.1 Å². The van der Waals surface area contributed by atoms with Crippen molar-refractivity contribution >= 4 is 10.9 Å². The summed E-state index contributed by atoms with van der Waals surface area (Å²) in [6, 6.07) is 9.28. The molecule has 0 aliphatic carbocycles. The van der Waals surface area contributed by atoms with Crippen LogP contribution in [0, 0.1) is 0 Å². The van der Waals surface area contributed by atoms with Crippen LogP contribution in [0.2, 0.25) is 0 Å². The number of aromatic nitrogens is 1. The van der Waals surface area contributed by atoms with Gasteiger partial charge in [-0.15, -0.1) is 0 Å². The predicted octanol–water partition coefficient (Wildman–Crippen LogP) is 6.21. The molecule has 0 fully saturated rings. The van der Waals surface area contributed by atoms with E-state index in [1.807, 2.05) is 0 Å². The van der Waals surface area contributed by atoms with Crippen LogP contribution in [0.25, 0.3) is 10.9 Å². The maximum Gasteiger partial charge on any atom is 0.0488 e. The lowest BCUT2D eigenvalue weighted by molar-refractivity contribution is 0.243. The van der Waals surface area contributed by atoms with Crippen LogP contribution >= 0.6 is 0 Å². The zero-order valence-corrected chi connectivity index (χ0v) is 18.2. The van der Waals surface area contributed by atoms with Gasteiger partial charge in [0, 0.05) is 22.6 Å². The maximum absolute atomic E-state index is 3.79. The van der Waals surface area contributed by atoms with Crippen LogP contribution in [0.15, 0.2) is 24.3 Å². The third-order valence-corrected chi connectivity index (χ3v) is 6.35. The highest BCUT2D eigenvalue weighted by Gasteiger charge is 2.24. The molecule has 0 spiro atoms. The van der Waals surface area contributed by atoms with E-state index < -0.39 is 0 Å². The second-order valence-corrected chi connectivity index (χ2v) is 8.57. The molecule has 3 nitrogen and oxygen atoms in total. The molecule has 3 heteroatoms. The highest BCUT2D eigenvalue weighted by molar-refractivity contribution is 5.85. The zero-order chi connectivity index (χ0) is 19.6. The fourth-order valence-electron chi connectivity index (χ4n) is 4.68. The average molecular weight is 384 g/mol. The van der Waals surface area contributed by atoms with Gasteiger partial charge in [-0.3, -0.25) is 0 Å². The van der Waals surface area contributed by atoms with Gasteiger partial charge >= 0.3 is 0 Å². The lowest BCUT2D eigenvalue weighted by atomic mass is 9.97. The molecule has 0 amide bonds. The Bertz CT molecular complexity index is 678. The van der Waals surface area contributed by atoms with E-state index in [2.05, 4.69) is 53.3 Å². The van der Waals surface area contributed by atoms with Crippen molar-refractivity contribution in [1.82, 2.24) is 15.2 Å². The van der Waals surface area contributed by atoms with Gasteiger partial charge in [0.2, 0.25) is 0 Å². The monoisotopic (exact) mass is 383 g/mol. The van der Waals surface area contributed by atoms with E-state index in [1.54, 1.807) is 5.56 Å². The Morgan fingerprint density at radius 3 is 2.32 bits per heavy atom. The molecule has 156 valence electrons. The summed E-state index contributed by atoms with van der Waals surface area (Å²) in [6.07, 6.45) is 13.3. The smallest absolute Gasteiger partial charge is 0.0488 e. The highest BCUT2D eigenvalue weighted by atomic mass is 15.1. The molecule has 0 bridgehead atoms. The van der Waals surface area contributed by atoms with Gasteiger partial charge < -0.3 is 15.2 Å². The van der Waals surface area contributed by atoms with Gasteiger partial charge in [-0.25, -0.2) is 0 Å². The fourth-order valence-corrected chi connectivity index (χ4v) is 4.68. The SMILES string of the molecule is CCCCCCN(CCCCCC)CCC1NCCc2c1[nH]c1ccccc21. The normalized spacial score (nSPS) is 16.8. The number of nitrogens with one attached hydrogen (secondary N) is 2. The van der Waals surface area contributed by atoms with Gasteiger partial charge in [0.05, 0.1) is 0 Å². The Hall–Kier alpha value is -1.32. The van der Waals surface area contributed by atoms with Gasteiger partial charge in [-0.1, -0.05) is 70.6 Å². The summed E-state index contributed by atoms with van der Waals surface area (Å²) < 4.78 is 0. The Kier molecular flexibility index (Phi) is 8.88. The largest absolute Gasteiger partial charge is 0.357 e. The van der Waals surface area contributed by atoms with Crippen molar-refractivity contribution in [2.24, 2.45) is 0 Å². The molecule has 1 aromatic heterocycles. The fraction of sp³-hybridized carbons (Fsp3) is 0.680. The number of fused-ring (bicyclic) bond motifs is 3. The van der Waals surface area contributed by atoms with E-state index in [0.717, 1.165) is 13.0 Å². The minimum absolute atomic E-state index is 0.477. The Morgan fingerprint density at radius 2 is 1.61 bits per heavy atom. The molecule has 1 aliphatic rings. The first-order chi connectivity index (χ1) is 13.8. The molecule has 3 rings (SSSR count). The summed E-state index contributed by atoms with van der Waals surface area (Å²) in [5, 5.41) is 5.22. The van der Waals surface area contributed by atoms with Crippen LogP contribution in [0.4, 0.5) is 0 Å². The number of nitrogens with zero attached hydrogens (tertiary/aromatic N) is 1. The van der Waals surface area contributed by atoms with Crippen LogP contribution in [0.3, 0.4) is 0 Å². The van der Waals surface area contributed by atoms with Crippen molar-refractivity contribution in [3.63, 3.8) is 0 Å². The molecule has 1 unspecified atom stereocenters. The van der Waals surface area contributed by atoms with Crippen molar-refractivity contribution < 1.29 is 0 Å². The molecular weight excluding hydrogens is 342 g/mol. The number of hydrogen-bond acceptors (Lipinski definition) is 2. The van der Waals surface area contributed by atoms with E-state index in [-0.39, 0.29) is 0 Å². The first kappa shape index (κ1) is 21.4. The van der Waals surface area contributed by atoms with Crippen molar-refractivity contribution in [3.05, 3.63) is 35.5 Å². The van der Waals surface area contributed by atoms with Crippen LogP contribution < -0.4 is 5.32 Å². The number of hydrogen-bond donors (Lipinski definition) is 2. The van der Waals surface area contributed by atoms with Gasteiger partial charge in [-0.2, -0.15) is 0 Å². The number of rotatable bonds is 13. The zero-order valence-electron chi connectivity index (χ0n) is 18.2. The molecule has 0 saturated carbocycles. The number of benzene rings is 1. The number of H-pyrrole nitrogens is 1. The van der Waals surface area contributed by atoms with E-state index in [9.17, 15) is 0 Å². The van der Waals surface area contributed by atoms with Crippen molar-refractivity contribution in [2.75, 3.05) is 26.2 Å². The summed E-state index contributed by atoms with van der Waals surface area (Å²) in [5.41, 5.74) is 4.30. The topological polar surface area (TPSA) is 31.1 Å². The van der Waals surface area contributed by atoms with Gasteiger partial charge in [0.25, 0.3) is 0 Å². The molecule has 2 heterocycles. The molecule has 28 heavy (non-hydrogen) atoms. The van der Waals surface area contributed by atoms with Crippen molar-refractivity contribution in [3.8, 4) is 0 Å². The molecule has 0 saturated heterocycles. The second-order valence-electron chi connectivity index (χ2n) is 8.57. The minimum Gasteiger partial charge on any atom is -0.357 e. The van der Waals surface area contributed by atoms with E-state index in [0.29, 0.717) is 6.04 Å².